The van der Waals surface area contributed by atoms with Gasteiger partial charge in [-0.15, -0.1) is 5.10 Å². The summed E-state index contributed by atoms with van der Waals surface area (Å²) in [5.74, 6) is 2.91. The zero-order valence-corrected chi connectivity index (χ0v) is 18.2. The molecular weight excluding hydrogens is 390 g/mol. The second-order valence-electron chi connectivity index (χ2n) is 7.79. The molecule has 2 aromatic rings. The van der Waals surface area contributed by atoms with Gasteiger partial charge in [-0.2, -0.15) is 0 Å². The third kappa shape index (κ3) is 4.00. The number of benzene rings is 1. The summed E-state index contributed by atoms with van der Waals surface area (Å²) in [6.07, 6.45) is 7.90. The number of aromatic nitrogens is 2. The Morgan fingerprint density at radius 2 is 1.72 bits per heavy atom. The molecule has 0 radical (unpaired) electrons. The fourth-order valence-corrected chi connectivity index (χ4v) is 4.97. The van der Waals surface area contributed by atoms with E-state index in [1.54, 1.807) is 26.0 Å². The van der Waals surface area contributed by atoms with E-state index < -0.39 is 0 Å². The van der Waals surface area contributed by atoms with Gasteiger partial charge >= 0.3 is 0 Å². The van der Waals surface area contributed by atoms with E-state index in [1.165, 1.54) is 38.5 Å². The van der Waals surface area contributed by atoms with E-state index in [9.17, 15) is 0 Å². The van der Waals surface area contributed by atoms with Gasteiger partial charge in [0.1, 0.15) is 0 Å². The van der Waals surface area contributed by atoms with E-state index in [0.29, 0.717) is 40.7 Å². The molecule has 0 N–H and O–H groups in total. The lowest BCUT2D eigenvalue weighted by Crippen LogP contribution is -2.47. The van der Waals surface area contributed by atoms with Crippen LogP contribution in [-0.4, -0.2) is 48.6 Å². The van der Waals surface area contributed by atoms with E-state index in [2.05, 4.69) is 10.00 Å². The molecule has 0 spiro atoms. The summed E-state index contributed by atoms with van der Waals surface area (Å²) < 4.78 is 23.9. The number of methoxy groups -OCH3 is 3. The van der Waals surface area contributed by atoms with Crippen LogP contribution in [0.3, 0.4) is 0 Å². The number of likely N-dealkylation sites (tertiary alicyclic amines) is 1. The predicted octanol–water partition coefficient (Wildman–Crippen LogP) is 4.51. The smallest absolute Gasteiger partial charge is 0.288 e. The first kappa shape index (κ1) is 20.2. The average Bonchev–Trinajstić information content (AvgIpc) is 3.13. The van der Waals surface area contributed by atoms with Gasteiger partial charge in [0.25, 0.3) is 4.84 Å². The van der Waals surface area contributed by atoms with Crippen LogP contribution in [0.15, 0.2) is 16.5 Å². The Kier molecular flexibility index (Phi) is 6.10. The largest absolute Gasteiger partial charge is 0.493 e. The summed E-state index contributed by atoms with van der Waals surface area (Å²) in [6, 6.07) is 4.29. The van der Waals surface area contributed by atoms with Crippen molar-refractivity contribution in [2.45, 2.75) is 51.2 Å². The first-order chi connectivity index (χ1) is 14.1. The van der Waals surface area contributed by atoms with Gasteiger partial charge in [-0.25, -0.2) is 4.68 Å². The van der Waals surface area contributed by atoms with Crippen LogP contribution in [0.4, 0.5) is 0 Å². The van der Waals surface area contributed by atoms with Crippen LogP contribution >= 0.6 is 12.2 Å². The summed E-state index contributed by atoms with van der Waals surface area (Å²) in [7, 11) is 4.76. The predicted molar refractivity (Wildman–Crippen MR) is 112 cm³/mol. The standard InChI is InChI=1S/C21H29N3O4S/c1-25-17-11-15(12-18(26-2)19(17)27-3)20-22-24(21(29)28-20)13-23-10-6-8-14-7-4-5-9-16(14)23/h11-12,14,16H,4-10,13H2,1-3H3/t14-,16-/m0/s1. The van der Waals surface area contributed by atoms with Gasteiger partial charge in [-0.1, -0.05) is 12.8 Å². The SMILES string of the molecule is COc1cc(-c2nn(CN3CCC[C@@H]4CCCC[C@@H]43)c(=S)o2)cc(OC)c1OC. The van der Waals surface area contributed by atoms with Gasteiger partial charge in [0.2, 0.25) is 11.6 Å². The number of hydrogen-bond acceptors (Lipinski definition) is 7. The Hall–Kier alpha value is -2.06. The summed E-state index contributed by atoms with van der Waals surface area (Å²) in [5.41, 5.74) is 0.735. The van der Waals surface area contributed by atoms with Crippen molar-refractivity contribution in [3.05, 3.63) is 17.0 Å². The molecule has 1 aromatic heterocycles. The topological polar surface area (TPSA) is 61.9 Å². The second kappa shape index (κ2) is 8.75. The van der Waals surface area contributed by atoms with E-state index >= 15 is 0 Å². The van der Waals surface area contributed by atoms with Crippen LogP contribution in [0.5, 0.6) is 17.2 Å². The van der Waals surface area contributed by atoms with Crippen molar-refractivity contribution in [2.75, 3.05) is 27.9 Å². The van der Waals surface area contributed by atoms with Gasteiger partial charge in [0.15, 0.2) is 11.5 Å². The Bertz CT molecular complexity index is 883. The van der Waals surface area contributed by atoms with Crippen molar-refractivity contribution in [3.63, 3.8) is 0 Å². The molecule has 0 bridgehead atoms. The molecule has 1 aliphatic heterocycles. The van der Waals surface area contributed by atoms with Gasteiger partial charge in [0.05, 0.1) is 28.0 Å². The van der Waals surface area contributed by atoms with Crippen LogP contribution < -0.4 is 14.2 Å². The van der Waals surface area contributed by atoms with E-state index in [-0.39, 0.29) is 0 Å². The molecule has 2 atom stereocenters. The third-order valence-electron chi connectivity index (χ3n) is 6.19. The van der Waals surface area contributed by atoms with Crippen LogP contribution in [0.25, 0.3) is 11.5 Å². The quantitative estimate of drug-likeness (QED) is 0.638. The Balaban J connectivity index is 1.61. The number of rotatable bonds is 6. The zero-order chi connectivity index (χ0) is 20.4. The lowest BCUT2D eigenvalue weighted by Gasteiger charge is -2.43. The lowest BCUT2D eigenvalue weighted by atomic mass is 9.78. The maximum atomic E-state index is 5.84. The minimum Gasteiger partial charge on any atom is -0.493 e. The third-order valence-corrected chi connectivity index (χ3v) is 6.49. The molecular formula is C21H29N3O4S. The Labute approximate surface area is 176 Å². The van der Waals surface area contributed by atoms with Crippen molar-refractivity contribution >= 4 is 12.2 Å². The summed E-state index contributed by atoms with van der Waals surface area (Å²) in [4.78, 5) is 2.91. The second-order valence-corrected chi connectivity index (χ2v) is 8.14. The van der Waals surface area contributed by atoms with Crippen molar-refractivity contribution in [3.8, 4) is 28.7 Å². The molecule has 0 amide bonds. The zero-order valence-electron chi connectivity index (χ0n) is 17.3. The van der Waals surface area contributed by atoms with Gasteiger partial charge in [0, 0.05) is 18.2 Å². The number of hydrogen-bond donors (Lipinski definition) is 0. The normalized spacial score (nSPS) is 22.2. The molecule has 0 unspecified atom stereocenters. The van der Waals surface area contributed by atoms with Crippen LogP contribution in [-0.2, 0) is 6.67 Å². The van der Waals surface area contributed by atoms with Gasteiger partial charge < -0.3 is 18.6 Å². The first-order valence-electron chi connectivity index (χ1n) is 10.3. The highest BCUT2D eigenvalue weighted by atomic mass is 32.1. The Morgan fingerprint density at radius 1 is 1.03 bits per heavy atom. The number of fused-ring (bicyclic) bond motifs is 1. The molecule has 7 nitrogen and oxygen atoms in total. The first-order valence-corrected chi connectivity index (χ1v) is 10.7. The summed E-state index contributed by atoms with van der Waals surface area (Å²) in [5, 5.41) is 4.67. The highest BCUT2D eigenvalue weighted by molar-refractivity contribution is 7.71. The van der Waals surface area contributed by atoms with Crippen molar-refractivity contribution < 1.29 is 18.6 Å². The molecule has 1 aliphatic carbocycles. The fraction of sp³-hybridized carbons (Fsp3) is 0.619. The molecule has 2 aliphatic rings. The highest BCUT2D eigenvalue weighted by Gasteiger charge is 2.33. The molecule has 8 heteroatoms. The number of piperidine rings is 1. The van der Waals surface area contributed by atoms with E-state index in [4.69, 9.17) is 30.8 Å². The summed E-state index contributed by atoms with van der Waals surface area (Å²) in [6.45, 7) is 1.77. The Morgan fingerprint density at radius 3 is 2.41 bits per heavy atom. The average molecular weight is 420 g/mol. The lowest BCUT2D eigenvalue weighted by molar-refractivity contribution is 0.0318. The molecule has 2 heterocycles. The van der Waals surface area contributed by atoms with E-state index in [1.807, 2.05) is 12.1 Å². The van der Waals surface area contributed by atoms with Gasteiger partial charge in [-0.05, 0) is 56.0 Å². The van der Waals surface area contributed by atoms with Crippen LogP contribution in [0.2, 0.25) is 0 Å². The fourth-order valence-electron chi connectivity index (χ4n) is 4.79. The molecule has 158 valence electrons. The van der Waals surface area contributed by atoms with E-state index in [0.717, 1.165) is 18.0 Å². The number of nitrogens with zero attached hydrogens (tertiary/aromatic N) is 3. The molecule has 2 fully saturated rings. The number of ether oxygens (including phenoxy) is 3. The van der Waals surface area contributed by atoms with Crippen LogP contribution in [0, 0.1) is 10.8 Å². The summed E-state index contributed by atoms with van der Waals surface area (Å²) >= 11 is 5.48. The molecule has 4 rings (SSSR count). The minimum atomic E-state index is 0.381. The maximum absolute atomic E-state index is 5.84. The monoisotopic (exact) mass is 419 g/mol. The molecule has 1 saturated heterocycles. The minimum absolute atomic E-state index is 0.381. The highest BCUT2D eigenvalue weighted by Crippen LogP contribution is 2.41. The molecule has 29 heavy (non-hydrogen) atoms. The molecule has 1 saturated carbocycles. The maximum Gasteiger partial charge on any atom is 0.288 e. The van der Waals surface area contributed by atoms with Crippen molar-refractivity contribution in [2.24, 2.45) is 5.92 Å². The molecule has 1 aromatic carbocycles. The van der Waals surface area contributed by atoms with Crippen molar-refractivity contribution in [1.29, 1.82) is 0 Å². The van der Waals surface area contributed by atoms with Gasteiger partial charge in [-0.3, -0.25) is 4.90 Å². The van der Waals surface area contributed by atoms with Crippen molar-refractivity contribution in [1.82, 2.24) is 14.7 Å². The van der Waals surface area contributed by atoms with Crippen LogP contribution in [0.1, 0.15) is 38.5 Å².